The van der Waals surface area contributed by atoms with Gasteiger partial charge in [0.2, 0.25) is 5.89 Å². The van der Waals surface area contributed by atoms with Crippen molar-refractivity contribution in [3.63, 3.8) is 0 Å². The first-order valence-electron chi connectivity index (χ1n) is 13.3. The molecule has 1 N–H and O–H groups in total. The number of nitrogens with zero attached hydrogens (tertiary/aromatic N) is 5. The maximum absolute atomic E-state index is 13.8. The lowest BCUT2D eigenvalue weighted by Crippen LogP contribution is -2.44. The molecule has 0 radical (unpaired) electrons. The Morgan fingerprint density at radius 3 is 2.52 bits per heavy atom. The smallest absolute Gasteiger partial charge is 0.404 e. The molecule has 238 valence electrons. The van der Waals surface area contributed by atoms with E-state index in [0.717, 1.165) is 11.3 Å². The van der Waals surface area contributed by atoms with Gasteiger partial charge in [0.25, 0.3) is 11.8 Å². The molecule has 1 aromatic carbocycles. The number of hydrogen-bond donors (Lipinski definition) is 1. The van der Waals surface area contributed by atoms with Gasteiger partial charge in [-0.3, -0.25) is 4.79 Å². The van der Waals surface area contributed by atoms with E-state index in [0.29, 0.717) is 0 Å². The van der Waals surface area contributed by atoms with E-state index in [2.05, 4.69) is 31.8 Å². The molecule has 0 spiro atoms. The standard InChI is InChI=1S/C27H28Cl2F4N6O3S2/c1-5-17(27(31,32)33)38-44(4,41)16-7-6-15(19(28)20(16)29)22-21(25(40)39-10-8-14(30)9-11-39)35-24(43-22)23-37-36-18(42-23)12-26(2,3)13-34/h6-7,14,17H,4-5,8-12H2,1-3H3,(H,38,41)/t17-,44?/m0/s1. The zero-order valence-corrected chi connectivity index (χ0v) is 26.9. The first-order chi connectivity index (χ1) is 20.5. The first-order valence-corrected chi connectivity index (χ1v) is 16.6. The van der Waals surface area contributed by atoms with E-state index >= 15 is 0 Å². The number of benzene rings is 1. The molecule has 3 heterocycles. The molecule has 1 fully saturated rings. The number of rotatable bonds is 9. The van der Waals surface area contributed by atoms with E-state index in [-0.39, 0.29) is 80.2 Å². The monoisotopic (exact) mass is 694 g/mol. The Morgan fingerprint density at radius 2 is 1.93 bits per heavy atom. The summed E-state index contributed by atoms with van der Waals surface area (Å²) in [5, 5.41) is 17.0. The fraction of sp³-hybridized carbons (Fsp3) is 0.481. The Balaban J connectivity index is 1.78. The second-order valence-electron chi connectivity index (χ2n) is 10.9. The topological polar surface area (TPSA) is 125 Å². The molecule has 2 atom stereocenters. The third kappa shape index (κ3) is 7.37. The van der Waals surface area contributed by atoms with Gasteiger partial charge in [-0.25, -0.2) is 18.3 Å². The quantitative estimate of drug-likeness (QED) is 0.194. The number of piperidine rings is 1. The summed E-state index contributed by atoms with van der Waals surface area (Å²) < 4.78 is 75.1. The van der Waals surface area contributed by atoms with Crippen molar-refractivity contribution in [2.45, 2.75) is 69.7 Å². The minimum Gasteiger partial charge on any atom is -0.419 e. The summed E-state index contributed by atoms with van der Waals surface area (Å²) in [4.78, 5) is 19.5. The minimum absolute atomic E-state index is 0.0249. The highest BCUT2D eigenvalue weighted by atomic mass is 35.5. The van der Waals surface area contributed by atoms with Crippen molar-refractivity contribution in [3.8, 4) is 27.4 Å². The summed E-state index contributed by atoms with van der Waals surface area (Å²) in [7, 11) is -3.77. The molecule has 1 amide bonds. The first kappa shape index (κ1) is 34.1. The average Bonchev–Trinajstić information content (AvgIpc) is 3.59. The number of aromatic nitrogens is 3. The molecule has 4 rings (SSSR count). The third-order valence-corrected chi connectivity index (χ3v) is 10.7. The Morgan fingerprint density at radius 1 is 1.27 bits per heavy atom. The molecule has 17 heteroatoms. The average molecular weight is 696 g/mol. The van der Waals surface area contributed by atoms with Gasteiger partial charge in [0.15, 0.2) is 5.01 Å². The van der Waals surface area contributed by atoms with Gasteiger partial charge in [0.05, 0.1) is 41.0 Å². The van der Waals surface area contributed by atoms with Crippen LogP contribution in [0.25, 0.3) is 21.3 Å². The molecule has 2 aromatic heterocycles. The summed E-state index contributed by atoms with van der Waals surface area (Å²) in [5.74, 6) is 3.09. The van der Waals surface area contributed by atoms with Gasteiger partial charge in [-0.1, -0.05) is 36.2 Å². The highest BCUT2D eigenvalue weighted by molar-refractivity contribution is 7.98. The van der Waals surface area contributed by atoms with Crippen LogP contribution in [0.3, 0.4) is 0 Å². The highest BCUT2D eigenvalue weighted by Crippen LogP contribution is 2.44. The van der Waals surface area contributed by atoms with Gasteiger partial charge in [0, 0.05) is 25.1 Å². The van der Waals surface area contributed by atoms with E-state index in [9.17, 15) is 31.8 Å². The van der Waals surface area contributed by atoms with Crippen LogP contribution in [0.2, 0.25) is 10.0 Å². The second kappa shape index (κ2) is 12.9. The molecule has 1 saturated heterocycles. The Hall–Kier alpha value is -2.77. The fourth-order valence-electron chi connectivity index (χ4n) is 4.41. The summed E-state index contributed by atoms with van der Waals surface area (Å²) >= 11 is 14.1. The van der Waals surface area contributed by atoms with E-state index in [4.69, 9.17) is 27.6 Å². The maximum atomic E-state index is 13.8. The van der Waals surface area contributed by atoms with Crippen LogP contribution in [-0.4, -0.2) is 67.5 Å². The Labute approximate surface area is 265 Å². The summed E-state index contributed by atoms with van der Waals surface area (Å²) in [5.41, 5.74) is -0.676. The Kier molecular flexibility index (Phi) is 10.0. The molecule has 0 aliphatic carbocycles. The molecule has 44 heavy (non-hydrogen) atoms. The van der Waals surface area contributed by atoms with E-state index in [1.165, 1.54) is 24.0 Å². The normalized spacial score (nSPS) is 16.9. The number of halogens is 6. The van der Waals surface area contributed by atoms with Crippen molar-refractivity contribution in [1.29, 1.82) is 5.26 Å². The van der Waals surface area contributed by atoms with Crippen LogP contribution in [0.1, 0.15) is 56.4 Å². The van der Waals surface area contributed by atoms with Crippen LogP contribution in [0.4, 0.5) is 17.6 Å². The van der Waals surface area contributed by atoms with Crippen molar-refractivity contribution in [2.24, 2.45) is 5.41 Å². The highest BCUT2D eigenvalue weighted by Gasteiger charge is 2.40. The number of carbonyl (C=O) groups excluding carboxylic acids is 1. The van der Waals surface area contributed by atoms with Gasteiger partial charge >= 0.3 is 6.18 Å². The summed E-state index contributed by atoms with van der Waals surface area (Å²) in [6.07, 6.45) is -5.65. The van der Waals surface area contributed by atoms with Crippen molar-refractivity contribution in [3.05, 3.63) is 33.8 Å². The molecule has 0 bridgehead atoms. The number of amides is 1. The van der Waals surface area contributed by atoms with E-state index < -0.39 is 45.8 Å². The van der Waals surface area contributed by atoms with Crippen molar-refractivity contribution >= 4 is 56.0 Å². The number of carbonyl (C=O) groups is 1. The van der Waals surface area contributed by atoms with Crippen LogP contribution in [0, 0.1) is 16.7 Å². The largest absolute Gasteiger partial charge is 0.419 e. The molecular weight excluding hydrogens is 667 g/mol. The van der Waals surface area contributed by atoms with Crippen molar-refractivity contribution < 1.29 is 31.0 Å². The number of alkyl halides is 4. The van der Waals surface area contributed by atoms with Crippen molar-refractivity contribution in [1.82, 2.24) is 24.8 Å². The molecular formula is C27H28Cl2F4N6O3S2. The van der Waals surface area contributed by atoms with Gasteiger partial charge in [0.1, 0.15) is 17.9 Å². The maximum Gasteiger partial charge on any atom is 0.404 e. The molecule has 1 aliphatic rings. The number of likely N-dealkylation sites (tertiary alicyclic amines) is 1. The molecule has 0 saturated carbocycles. The lowest BCUT2D eigenvalue weighted by Gasteiger charge is -2.28. The Bertz CT molecular complexity index is 1690. The SMILES string of the molecule is C=S(=O)(N[C@@H](CC)C(F)(F)F)c1ccc(-c2sc(-c3nnc(CC(C)(C)C#N)o3)nc2C(=O)N2CCC(F)CC2)c(Cl)c1Cl. The third-order valence-electron chi connectivity index (χ3n) is 6.87. The predicted molar refractivity (Wildman–Crippen MR) is 161 cm³/mol. The van der Waals surface area contributed by atoms with Crippen LogP contribution >= 0.6 is 34.5 Å². The molecule has 3 aromatic rings. The van der Waals surface area contributed by atoms with Crippen molar-refractivity contribution in [2.75, 3.05) is 13.1 Å². The van der Waals surface area contributed by atoms with Crippen LogP contribution < -0.4 is 4.72 Å². The lowest BCUT2D eigenvalue weighted by atomic mass is 9.92. The predicted octanol–water partition coefficient (Wildman–Crippen LogP) is 6.75. The number of nitrogens with one attached hydrogen (secondary N) is 1. The van der Waals surface area contributed by atoms with Gasteiger partial charge < -0.3 is 9.32 Å². The second-order valence-corrected chi connectivity index (χ2v) is 14.7. The zero-order chi connectivity index (χ0) is 32.6. The number of hydrogen-bond acceptors (Lipinski definition) is 8. The lowest BCUT2D eigenvalue weighted by molar-refractivity contribution is -0.151. The molecule has 1 unspecified atom stereocenters. The van der Waals surface area contributed by atoms with Crippen LogP contribution in [0.5, 0.6) is 0 Å². The van der Waals surface area contributed by atoms with Gasteiger partial charge in [-0.15, -0.1) is 21.5 Å². The minimum atomic E-state index is -4.69. The molecule has 1 aliphatic heterocycles. The molecule has 9 nitrogen and oxygen atoms in total. The fourth-order valence-corrected chi connectivity index (χ4v) is 7.89. The zero-order valence-electron chi connectivity index (χ0n) is 23.8. The van der Waals surface area contributed by atoms with Crippen LogP contribution in [-0.2, 0) is 16.1 Å². The number of nitriles is 1. The van der Waals surface area contributed by atoms with E-state index in [1.54, 1.807) is 13.8 Å². The summed E-state index contributed by atoms with van der Waals surface area (Å²) in [6.45, 7) is 5.00. The summed E-state index contributed by atoms with van der Waals surface area (Å²) in [6, 6.07) is 2.63. The van der Waals surface area contributed by atoms with Gasteiger partial charge in [-0.2, -0.15) is 18.4 Å². The van der Waals surface area contributed by atoms with Crippen LogP contribution in [0.15, 0.2) is 21.4 Å². The van der Waals surface area contributed by atoms with E-state index in [1.807, 2.05) is 0 Å². The van der Waals surface area contributed by atoms with Gasteiger partial charge in [-0.05, 0) is 45.0 Å². The number of thiazole rings is 1.